The van der Waals surface area contributed by atoms with Crippen molar-refractivity contribution in [2.45, 2.75) is 30.9 Å². The van der Waals surface area contributed by atoms with Crippen LogP contribution in [0.4, 0.5) is 0 Å². The second kappa shape index (κ2) is 7.74. The molecule has 0 heterocycles. The molecule has 0 bridgehead atoms. The van der Waals surface area contributed by atoms with Gasteiger partial charge in [0.05, 0.1) is 13.7 Å². The molecule has 0 aliphatic heterocycles. The Labute approximate surface area is 126 Å². The number of hydrogen-bond acceptors (Lipinski definition) is 5. The molecule has 1 aromatic rings. The maximum Gasteiger partial charge on any atom is 0.244 e. The van der Waals surface area contributed by atoms with E-state index in [1.807, 2.05) is 25.9 Å². The summed E-state index contributed by atoms with van der Waals surface area (Å²) >= 11 is 0. The fraction of sp³-hybridized carbons (Fsp3) is 0.571. The van der Waals surface area contributed by atoms with Gasteiger partial charge in [-0.15, -0.1) is 0 Å². The van der Waals surface area contributed by atoms with Gasteiger partial charge in [0, 0.05) is 6.04 Å². The van der Waals surface area contributed by atoms with Crippen LogP contribution in [0.5, 0.6) is 5.75 Å². The number of ether oxygens (including phenoxy) is 1. The number of benzene rings is 1. The van der Waals surface area contributed by atoms with E-state index in [2.05, 4.69) is 4.72 Å². The lowest BCUT2D eigenvalue weighted by Crippen LogP contribution is -2.35. The second-order valence-corrected chi connectivity index (χ2v) is 6.94. The van der Waals surface area contributed by atoms with Gasteiger partial charge in [0.15, 0.2) is 0 Å². The van der Waals surface area contributed by atoms with Gasteiger partial charge in [-0.05, 0) is 51.7 Å². The van der Waals surface area contributed by atoms with Crippen LogP contribution < -0.4 is 9.46 Å². The molecule has 2 N–H and O–H groups in total. The molecule has 0 saturated carbocycles. The van der Waals surface area contributed by atoms with Gasteiger partial charge in [0.25, 0.3) is 0 Å². The molecule has 0 aliphatic carbocycles. The first-order valence-electron chi connectivity index (χ1n) is 6.75. The monoisotopic (exact) mass is 316 g/mol. The Morgan fingerprint density at radius 2 is 2.05 bits per heavy atom. The largest absolute Gasteiger partial charge is 0.495 e. The smallest absolute Gasteiger partial charge is 0.244 e. The van der Waals surface area contributed by atoms with E-state index in [0.717, 1.165) is 6.54 Å². The van der Waals surface area contributed by atoms with Crippen LogP contribution in [0.1, 0.15) is 18.9 Å². The highest BCUT2D eigenvalue weighted by Crippen LogP contribution is 2.25. The lowest BCUT2D eigenvalue weighted by atomic mass is 10.2. The molecule has 0 radical (unpaired) electrons. The summed E-state index contributed by atoms with van der Waals surface area (Å²) in [6, 6.07) is 4.41. The maximum absolute atomic E-state index is 12.4. The number of sulfonamides is 1. The second-order valence-electron chi connectivity index (χ2n) is 5.26. The summed E-state index contributed by atoms with van der Waals surface area (Å²) in [6.07, 6.45) is 0.703. The molecule has 0 spiro atoms. The van der Waals surface area contributed by atoms with Crippen molar-refractivity contribution in [1.82, 2.24) is 9.62 Å². The highest BCUT2D eigenvalue weighted by molar-refractivity contribution is 7.89. The van der Waals surface area contributed by atoms with Crippen molar-refractivity contribution in [3.8, 4) is 5.75 Å². The van der Waals surface area contributed by atoms with Crippen LogP contribution in [0, 0.1) is 0 Å². The quantitative estimate of drug-likeness (QED) is 0.742. The molecule has 120 valence electrons. The van der Waals surface area contributed by atoms with Gasteiger partial charge in [0.1, 0.15) is 10.6 Å². The topological polar surface area (TPSA) is 78.9 Å². The minimum Gasteiger partial charge on any atom is -0.495 e. The molecule has 0 fully saturated rings. The Morgan fingerprint density at radius 3 is 2.57 bits per heavy atom. The first-order valence-corrected chi connectivity index (χ1v) is 8.23. The maximum atomic E-state index is 12.4. The summed E-state index contributed by atoms with van der Waals surface area (Å²) in [5.74, 6) is 0.263. The van der Waals surface area contributed by atoms with E-state index in [1.54, 1.807) is 12.1 Å². The average molecular weight is 316 g/mol. The fourth-order valence-corrected chi connectivity index (χ4v) is 3.37. The molecule has 0 aromatic heterocycles. The third-order valence-electron chi connectivity index (χ3n) is 3.07. The first kappa shape index (κ1) is 17.9. The lowest BCUT2D eigenvalue weighted by Gasteiger charge is -2.18. The van der Waals surface area contributed by atoms with Crippen LogP contribution in [0.3, 0.4) is 0 Å². The lowest BCUT2D eigenvalue weighted by molar-refractivity contribution is 0.281. The van der Waals surface area contributed by atoms with E-state index in [-0.39, 0.29) is 23.3 Å². The SMILES string of the molecule is COc1ccc(CO)cc1S(=O)(=O)NC(C)CCN(C)C. The zero-order chi connectivity index (χ0) is 16.0. The summed E-state index contributed by atoms with van der Waals surface area (Å²) in [5, 5.41) is 9.16. The molecule has 1 atom stereocenters. The molecule has 1 unspecified atom stereocenters. The first-order chi connectivity index (χ1) is 9.80. The van der Waals surface area contributed by atoms with Gasteiger partial charge in [-0.3, -0.25) is 0 Å². The zero-order valence-electron chi connectivity index (χ0n) is 13.0. The highest BCUT2D eigenvalue weighted by Gasteiger charge is 2.22. The molecule has 1 aromatic carbocycles. The van der Waals surface area contributed by atoms with Crippen molar-refractivity contribution in [2.24, 2.45) is 0 Å². The molecule has 0 saturated heterocycles. The standard InChI is InChI=1S/C14H24N2O4S/c1-11(7-8-16(2)3)15-21(18,19)14-9-12(10-17)5-6-13(14)20-4/h5-6,9,11,15,17H,7-8,10H2,1-4H3. The number of aliphatic hydroxyl groups is 1. The summed E-state index contributed by atoms with van der Waals surface area (Å²) in [7, 11) is 1.61. The Morgan fingerprint density at radius 1 is 1.38 bits per heavy atom. The molecule has 1 rings (SSSR count). The van der Waals surface area contributed by atoms with Crippen molar-refractivity contribution >= 4 is 10.0 Å². The number of nitrogens with one attached hydrogen (secondary N) is 1. The third kappa shape index (κ3) is 5.28. The van der Waals surface area contributed by atoms with E-state index < -0.39 is 10.0 Å². The fourth-order valence-electron chi connectivity index (χ4n) is 1.87. The van der Waals surface area contributed by atoms with Gasteiger partial charge >= 0.3 is 0 Å². The van der Waals surface area contributed by atoms with Crippen molar-refractivity contribution in [3.63, 3.8) is 0 Å². The summed E-state index contributed by atoms with van der Waals surface area (Å²) < 4.78 is 32.6. The number of nitrogens with zero attached hydrogens (tertiary/aromatic N) is 1. The number of aliphatic hydroxyl groups excluding tert-OH is 1. The van der Waals surface area contributed by atoms with Crippen LogP contribution in [-0.4, -0.2) is 52.2 Å². The Kier molecular flexibility index (Phi) is 6.60. The Balaban J connectivity index is 2.96. The van der Waals surface area contributed by atoms with Gasteiger partial charge in [-0.1, -0.05) is 6.07 Å². The van der Waals surface area contributed by atoms with Crippen molar-refractivity contribution in [1.29, 1.82) is 0 Å². The molecule has 7 heteroatoms. The highest BCUT2D eigenvalue weighted by atomic mass is 32.2. The summed E-state index contributed by atoms with van der Waals surface area (Å²) in [5.41, 5.74) is 0.525. The Bertz CT molecular complexity index is 558. The summed E-state index contributed by atoms with van der Waals surface area (Å²) in [6.45, 7) is 2.39. The van der Waals surface area contributed by atoms with Crippen molar-refractivity contribution < 1.29 is 18.3 Å². The van der Waals surface area contributed by atoms with Crippen molar-refractivity contribution in [3.05, 3.63) is 23.8 Å². The van der Waals surface area contributed by atoms with E-state index in [9.17, 15) is 8.42 Å². The average Bonchev–Trinajstić information content (AvgIpc) is 2.44. The molecule has 21 heavy (non-hydrogen) atoms. The van der Waals surface area contributed by atoms with Crippen LogP contribution >= 0.6 is 0 Å². The molecular weight excluding hydrogens is 292 g/mol. The van der Waals surface area contributed by atoms with E-state index in [0.29, 0.717) is 12.0 Å². The normalized spacial score (nSPS) is 13.4. The van der Waals surface area contributed by atoms with Crippen LogP contribution in [0.25, 0.3) is 0 Å². The predicted molar refractivity (Wildman–Crippen MR) is 81.9 cm³/mol. The van der Waals surface area contributed by atoms with E-state index in [4.69, 9.17) is 9.84 Å². The third-order valence-corrected chi connectivity index (χ3v) is 4.68. The zero-order valence-corrected chi connectivity index (χ0v) is 13.8. The van der Waals surface area contributed by atoms with Crippen LogP contribution in [0.2, 0.25) is 0 Å². The van der Waals surface area contributed by atoms with Crippen molar-refractivity contribution in [2.75, 3.05) is 27.7 Å². The minimum absolute atomic E-state index is 0.0493. The number of hydrogen-bond donors (Lipinski definition) is 2. The van der Waals surface area contributed by atoms with Gasteiger partial charge < -0.3 is 14.7 Å². The van der Waals surface area contributed by atoms with Crippen LogP contribution in [-0.2, 0) is 16.6 Å². The predicted octanol–water partition coefficient (Wildman–Crippen LogP) is 0.806. The van der Waals surface area contributed by atoms with E-state index in [1.165, 1.54) is 13.2 Å². The number of rotatable bonds is 8. The number of methoxy groups -OCH3 is 1. The van der Waals surface area contributed by atoms with Gasteiger partial charge in [-0.2, -0.15) is 0 Å². The minimum atomic E-state index is -3.69. The van der Waals surface area contributed by atoms with Gasteiger partial charge in [0.2, 0.25) is 10.0 Å². The van der Waals surface area contributed by atoms with Gasteiger partial charge in [-0.25, -0.2) is 13.1 Å². The van der Waals surface area contributed by atoms with Crippen LogP contribution in [0.15, 0.2) is 23.1 Å². The molecular formula is C14H24N2O4S. The summed E-state index contributed by atoms with van der Waals surface area (Å²) in [4.78, 5) is 2.05. The molecule has 0 amide bonds. The molecule has 6 nitrogen and oxygen atoms in total. The molecule has 0 aliphatic rings. The Hall–Kier alpha value is -1.15. The van der Waals surface area contributed by atoms with E-state index >= 15 is 0 Å².